The van der Waals surface area contributed by atoms with Gasteiger partial charge in [-0.2, -0.15) is 0 Å². The van der Waals surface area contributed by atoms with Gasteiger partial charge in [-0.15, -0.1) is 22.7 Å². The Morgan fingerprint density at radius 1 is 1.26 bits per heavy atom. The number of aromatic nitrogens is 3. The lowest BCUT2D eigenvalue weighted by Gasteiger charge is -2.26. The highest BCUT2D eigenvalue weighted by Gasteiger charge is 2.29. The molecule has 0 bridgehead atoms. The van der Waals surface area contributed by atoms with Crippen LogP contribution in [0.25, 0.3) is 9.88 Å². The summed E-state index contributed by atoms with van der Waals surface area (Å²) in [6.07, 6.45) is 0. The van der Waals surface area contributed by atoms with Gasteiger partial charge in [0.1, 0.15) is 15.7 Å². The largest absolute Gasteiger partial charge is 0.383 e. The fraction of sp³-hybridized carbons (Fsp3) is 0.429. The zero-order valence-corrected chi connectivity index (χ0v) is 19.9. The van der Waals surface area contributed by atoms with E-state index in [1.807, 2.05) is 45.2 Å². The van der Waals surface area contributed by atoms with Gasteiger partial charge in [-0.3, -0.25) is 24.0 Å². The summed E-state index contributed by atoms with van der Waals surface area (Å²) in [4.78, 5) is 48.4. The molecule has 1 amide bonds. The van der Waals surface area contributed by atoms with E-state index in [2.05, 4.69) is 9.97 Å². The van der Waals surface area contributed by atoms with E-state index >= 15 is 0 Å². The van der Waals surface area contributed by atoms with Crippen LogP contribution in [0.4, 0.5) is 11.5 Å². The average molecular weight is 462 g/mol. The van der Waals surface area contributed by atoms with Gasteiger partial charge in [0.05, 0.1) is 10.6 Å². The number of nitrogen functional groups attached to an aromatic ring is 1. The first-order valence-electron chi connectivity index (χ1n) is 10.1. The maximum atomic E-state index is 13.6. The summed E-state index contributed by atoms with van der Waals surface area (Å²) in [6, 6.07) is 3.88. The minimum absolute atomic E-state index is 0.00269. The van der Waals surface area contributed by atoms with E-state index < -0.39 is 11.2 Å². The molecule has 0 unspecified atom stereocenters. The molecule has 166 valence electrons. The van der Waals surface area contributed by atoms with Crippen LogP contribution in [0.5, 0.6) is 0 Å². The van der Waals surface area contributed by atoms with Crippen LogP contribution < -0.4 is 21.9 Å². The molecule has 0 fully saturated rings. The van der Waals surface area contributed by atoms with Crippen molar-refractivity contribution in [1.29, 1.82) is 0 Å². The van der Waals surface area contributed by atoms with Crippen molar-refractivity contribution in [3.63, 3.8) is 0 Å². The monoisotopic (exact) mass is 461 g/mol. The second kappa shape index (κ2) is 9.19. The van der Waals surface area contributed by atoms with Crippen LogP contribution in [0.2, 0.25) is 0 Å². The van der Waals surface area contributed by atoms with Crippen LogP contribution in [0.1, 0.15) is 43.1 Å². The van der Waals surface area contributed by atoms with E-state index in [9.17, 15) is 14.4 Å². The predicted molar refractivity (Wildman–Crippen MR) is 127 cm³/mol. The molecule has 0 aromatic carbocycles. The SMILES string of the molecule is Cc1nc(-c2cccs2)sc1C(=O)N(CC(C)C)c1c(N)n(CC(C)C)c(=O)[nH]c1=O. The third-order valence-electron chi connectivity index (χ3n) is 4.55. The maximum absolute atomic E-state index is 13.6. The quantitative estimate of drug-likeness (QED) is 0.558. The van der Waals surface area contributed by atoms with E-state index in [0.29, 0.717) is 17.1 Å². The molecular formula is C21H27N5O3S2. The van der Waals surface area contributed by atoms with Crippen LogP contribution in [0, 0.1) is 18.8 Å². The fourth-order valence-electron chi connectivity index (χ4n) is 3.25. The zero-order valence-electron chi connectivity index (χ0n) is 18.3. The molecule has 31 heavy (non-hydrogen) atoms. The summed E-state index contributed by atoms with van der Waals surface area (Å²) in [6.45, 7) is 10.2. The van der Waals surface area contributed by atoms with Crippen molar-refractivity contribution < 1.29 is 4.79 Å². The Hall–Kier alpha value is -2.72. The summed E-state index contributed by atoms with van der Waals surface area (Å²) >= 11 is 2.84. The topological polar surface area (TPSA) is 114 Å². The molecule has 0 saturated heterocycles. The molecule has 0 aliphatic carbocycles. The second-order valence-corrected chi connectivity index (χ2v) is 10.2. The Bertz CT molecular complexity index is 1190. The normalized spacial score (nSPS) is 11.5. The number of aryl methyl sites for hydroxylation is 1. The first-order valence-corrected chi connectivity index (χ1v) is 11.8. The number of nitrogens with zero attached hydrogens (tertiary/aromatic N) is 3. The Morgan fingerprint density at radius 2 is 1.97 bits per heavy atom. The molecule has 0 atom stereocenters. The zero-order chi connectivity index (χ0) is 22.9. The molecule has 3 aromatic rings. The molecule has 0 aliphatic heterocycles. The van der Waals surface area contributed by atoms with Crippen molar-refractivity contribution in [2.24, 2.45) is 11.8 Å². The molecule has 10 heteroatoms. The van der Waals surface area contributed by atoms with Gasteiger partial charge in [-0.1, -0.05) is 33.8 Å². The van der Waals surface area contributed by atoms with Crippen LogP contribution >= 0.6 is 22.7 Å². The summed E-state index contributed by atoms with van der Waals surface area (Å²) in [7, 11) is 0. The van der Waals surface area contributed by atoms with Gasteiger partial charge >= 0.3 is 5.69 Å². The highest BCUT2D eigenvalue weighted by Crippen LogP contribution is 2.33. The van der Waals surface area contributed by atoms with Crippen LogP contribution in [-0.2, 0) is 6.54 Å². The van der Waals surface area contributed by atoms with E-state index in [-0.39, 0.29) is 35.8 Å². The molecule has 0 saturated carbocycles. The minimum atomic E-state index is -0.669. The van der Waals surface area contributed by atoms with Crippen LogP contribution in [0.3, 0.4) is 0 Å². The van der Waals surface area contributed by atoms with Gasteiger partial charge in [-0.25, -0.2) is 9.78 Å². The summed E-state index contributed by atoms with van der Waals surface area (Å²) < 4.78 is 1.32. The number of thiazole rings is 1. The molecule has 0 radical (unpaired) electrons. The number of carbonyl (C=O) groups is 1. The van der Waals surface area contributed by atoms with Crippen molar-refractivity contribution in [3.8, 4) is 9.88 Å². The third kappa shape index (κ3) is 4.80. The first-order chi connectivity index (χ1) is 14.6. The summed E-state index contributed by atoms with van der Waals surface area (Å²) in [5.74, 6) is -0.154. The van der Waals surface area contributed by atoms with E-state index in [1.54, 1.807) is 18.3 Å². The highest BCUT2D eigenvalue weighted by molar-refractivity contribution is 7.22. The Kier molecular flexibility index (Phi) is 6.80. The highest BCUT2D eigenvalue weighted by atomic mass is 32.1. The number of amides is 1. The number of rotatable bonds is 7. The lowest BCUT2D eigenvalue weighted by molar-refractivity contribution is 0.0986. The molecule has 8 nitrogen and oxygen atoms in total. The van der Waals surface area contributed by atoms with Gasteiger partial charge in [0, 0.05) is 13.1 Å². The van der Waals surface area contributed by atoms with Crippen LogP contribution in [0.15, 0.2) is 27.1 Å². The van der Waals surface area contributed by atoms with E-state index in [0.717, 1.165) is 9.88 Å². The van der Waals surface area contributed by atoms with Crippen molar-refractivity contribution >= 4 is 40.1 Å². The number of hydrogen-bond acceptors (Lipinski definition) is 7. The lowest BCUT2D eigenvalue weighted by Crippen LogP contribution is -2.43. The van der Waals surface area contributed by atoms with Gasteiger partial charge in [0.2, 0.25) is 0 Å². The Balaban J connectivity index is 2.13. The molecular weight excluding hydrogens is 434 g/mol. The van der Waals surface area contributed by atoms with E-state index in [4.69, 9.17) is 5.73 Å². The van der Waals surface area contributed by atoms with Gasteiger partial charge in [0.15, 0.2) is 5.69 Å². The molecule has 0 aliphatic rings. The fourth-order valence-corrected chi connectivity index (χ4v) is 5.06. The first kappa shape index (κ1) is 23.0. The molecule has 3 N–H and O–H groups in total. The number of hydrogen-bond donors (Lipinski definition) is 2. The van der Waals surface area contributed by atoms with Crippen molar-refractivity contribution in [3.05, 3.63) is 48.9 Å². The predicted octanol–water partition coefficient (Wildman–Crippen LogP) is 3.57. The van der Waals surface area contributed by atoms with Crippen molar-refractivity contribution in [1.82, 2.24) is 14.5 Å². The lowest BCUT2D eigenvalue weighted by atomic mass is 10.1. The standard InChI is InChI=1S/C21H27N5O3S2/c1-11(2)9-25(15-17(22)26(10-12(3)4)21(29)24-18(15)27)20(28)16-13(5)23-19(31-16)14-7-6-8-30-14/h6-8,11-12H,9-10,22H2,1-5H3,(H,24,27,29). The van der Waals surface area contributed by atoms with Crippen molar-refractivity contribution in [2.45, 2.75) is 41.2 Å². The van der Waals surface area contributed by atoms with Crippen LogP contribution in [-0.4, -0.2) is 27.0 Å². The maximum Gasteiger partial charge on any atom is 0.330 e. The summed E-state index contributed by atoms with van der Waals surface area (Å²) in [5, 5.41) is 2.71. The molecule has 0 spiro atoms. The van der Waals surface area contributed by atoms with E-state index in [1.165, 1.54) is 20.8 Å². The Morgan fingerprint density at radius 3 is 2.55 bits per heavy atom. The molecule has 3 rings (SSSR count). The van der Waals surface area contributed by atoms with Gasteiger partial charge in [0.25, 0.3) is 11.5 Å². The number of nitrogens with one attached hydrogen (secondary N) is 1. The third-order valence-corrected chi connectivity index (χ3v) is 6.73. The Labute approximate surface area is 188 Å². The summed E-state index contributed by atoms with van der Waals surface area (Å²) in [5.41, 5.74) is 5.64. The second-order valence-electron chi connectivity index (χ2n) is 8.22. The minimum Gasteiger partial charge on any atom is -0.383 e. The number of H-pyrrole nitrogens is 1. The molecule has 3 aromatic heterocycles. The number of carbonyl (C=O) groups excluding carboxylic acids is 1. The van der Waals surface area contributed by atoms with Gasteiger partial charge < -0.3 is 5.73 Å². The number of thiophene rings is 1. The van der Waals surface area contributed by atoms with Crippen molar-refractivity contribution in [2.75, 3.05) is 17.2 Å². The van der Waals surface area contributed by atoms with Gasteiger partial charge in [-0.05, 0) is 30.2 Å². The number of nitrogens with two attached hydrogens (primary N) is 1. The smallest absolute Gasteiger partial charge is 0.330 e. The average Bonchev–Trinajstić information content (AvgIpc) is 3.32. The number of aromatic amines is 1. The molecule has 3 heterocycles. The number of anilines is 2.